The molecule has 0 unspecified atom stereocenters. The molecule has 0 aliphatic rings. The number of aryl methyl sites for hydroxylation is 2. The maximum Gasteiger partial charge on any atom is 0.262 e. The number of nitrogens with two attached hydrogens (primary N) is 1. The number of nitrogen functional groups attached to an aromatic ring is 1. The second-order valence-electron chi connectivity index (χ2n) is 4.73. The fourth-order valence-corrected chi connectivity index (χ4v) is 3.98. The maximum absolute atomic E-state index is 13.4. The Labute approximate surface area is 131 Å². The van der Waals surface area contributed by atoms with Gasteiger partial charge in [-0.15, -0.1) is 0 Å². The van der Waals surface area contributed by atoms with Crippen LogP contribution >= 0.6 is 15.9 Å². The second kappa shape index (κ2) is 5.65. The Morgan fingerprint density at radius 3 is 2.43 bits per heavy atom. The SMILES string of the molecule is Cc1cc(C)c(NS(=O)(=O)c2ccc(N)c(F)c2)c(Br)c1. The summed E-state index contributed by atoms with van der Waals surface area (Å²) in [4.78, 5) is -0.180. The van der Waals surface area contributed by atoms with Gasteiger partial charge in [0.2, 0.25) is 0 Å². The molecule has 4 nitrogen and oxygen atoms in total. The summed E-state index contributed by atoms with van der Waals surface area (Å²) in [7, 11) is -3.89. The topological polar surface area (TPSA) is 72.2 Å². The van der Waals surface area contributed by atoms with Crippen LogP contribution in [-0.4, -0.2) is 8.42 Å². The zero-order chi connectivity index (χ0) is 15.8. The zero-order valence-corrected chi connectivity index (χ0v) is 13.8. The predicted molar refractivity (Wildman–Crippen MR) is 85.2 cm³/mol. The largest absolute Gasteiger partial charge is 0.396 e. The number of hydrogen-bond donors (Lipinski definition) is 2. The van der Waals surface area contributed by atoms with Crippen molar-refractivity contribution in [2.45, 2.75) is 18.7 Å². The van der Waals surface area contributed by atoms with Crippen molar-refractivity contribution in [3.8, 4) is 0 Å². The van der Waals surface area contributed by atoms with Crippen LogP contribution in [0.5, 0.6) is 0 Å². The normalized spacial score (nSPS) is 11.4. The highest BCUT2D eigenvalue weighted by atomic mass is 79.9. The summed E-state index contributed by atoms with van der Waals surface area (Å²) < 4.78 is 41.2. The first-order valence-corrected chi connectivity index (χ1v) is 8.33. The summed E-state index contributed by atoms with van der Waals surface area (Å²) in [6.45, 7) is 3.70. The van der Waals surface area contributed by atoms with Crippen LogP contribution in [0.15, 0.2) is 39.7 Å². The van der Waals surface area contributed by atoms with Crippen molar-refractivity contribution in [3.63, 3.8) is 0 Å². The number of hydrogen-bond acceptors (Lipinski definition) is 3. The van der Waals surface area contributed by atoms with Gasteiger partial charge in [0.1, 0.15) is 5.82 Å². The van der Waals surface area contributed by atoms with E-state index >= 15 is 0 Å². The lowest BCUT2D eigenvalue weighted by molar-refractivity contribution is 0.596. The smallest absolute Gasteiger partial charge is 0.262 e. The number of halogens is 2. The van der Waals surface area contributed by atoms with Gasteiger partial charge in [-0.3, -0.25) is 4.72 Å². The highest BCUT2D eigenvalue weighted by Gasteiger charge is 2.18. The van der Waals surface area contributed by atoms with Crippen molar-refractivity contribution >= 4 is 37.3 Å². The molecule has 0 aliphatic heterocycles. The van der Waals surface area contributed by atoms with E-state index in [9.17, 15) is 12.8 Å². The molecule has 2 aromatic carbocycles. The highest BCUT2D eigenvalue weighted by Crippen LogP contribution is 2.30. The van der Waals surface area contributed by atoms with E-state index in [0.717, 1.165) is 17.2 Å². The molecule has 2 rings (SSSR count). The molecule has 112 valence electrons. The molecule has 0 radical (unpaired) electrons. The predicted octanol–water partition coefficient (Wildman–Crippen LogP) is 3.59. The van der Waals surface area contributed by atoms with E-state index in [1.54, 1.807) is 13.0 Å². The van der Waals surface area contributed by atoms with Crippen LogP contribution in [0.2, 0.25) is 0 Å². The highest BCUT2D eigenvalue weighted by molar-refractivity contribution is 9.10. The minimum atomic E-state index is -3.89. The molecule has 0 amide bonds. The van der Waals surface area contributed by atoms with Gasteiger partial charge >= 0.3 is 0 Å². The third-order valence-corrected chi connectivity index (χ3v) is 4.92. The van der Waals surface area contributed by atoms with Crippen molar-refractivity contribution < 1.29 is 12.8 Å². The summed E-state index contributed by atoms with van der Waals surface area (Å²) in [6, 6.07) is 7.04. The van der Waals surface area contributed by atoms with E-state index in [4.69, 9.17) is 5.73 Å². The van der Waals surface area contributed by atoms with Crippen molar-refractivity contribution in [2.24, 2.45) is 0 Å². The van der Waals surface area contributed by atoms with Crippen LogP contribution in [0.3, 0.4) is 0 Å². The Hall–Kier alpha value is -1.60. The Bertz CT molecular complexity index is 784. The molecular weight excluding hydrogens is 359 g/mol. The van der Waals surface area contributed by atoms with Crippen molar-refractivity contribution in [1.29, 1.82) is 0 Å². The molecule has 2 aromatic rings. The van der Waals surface area contributed by atoms with E-state index in [1.807, 2.05) is 13.0 Å². The molecule has 0 aromatic heterocycles. The summed E-state index contributed by atoms with van der Waals surface area (Å²) in [5, 5.41) is 0. The molecule has 0 heterocycles. The Morgan fingerprint density at radius 2 is 1.86 bits per heavy atom. The quantitative estimate of drug-likeness (QED) is 0.808. The Kier molecular flexibility index (Phi) is 4.25. The molecule has 0 fully saturated rings. The van der Waals surface area contributed by atoms with Gasteiger partial charge in [0.25, 0.3) is 10.0 Å². The van der Waals surface area contributed by atoms with Gasteiger partial charge < -0.3 is 5.73 Å². The molecule has 3 N–H and O–H groups in total. The molecule has 0 bridgehead atoms. The lowest BCUT2D eigenvalue weighted by atomic mass is 10.1. The fraction of sp³-hybridized carbons (Fsp3) is 0.143. The first-order chi connectivity index (χ1) is 9.70. The van der Waals surface area contributed by atoms with Crippen LogP contribution in [-0.2, 0) is 10.0 Å². The molecule has 0 aliphatic carbocycles. The van der Waals surface area contributed by atoms with Crippen LogP contribution in [0.25, 0.3) is 0 Å². The zero-order valence-electron chi connectivity index (χ0n) is 11.4. The van der Waals surface area contributed by atoms with Crippen molar-refractivity contribution in [2.75, 3.05) is 10.5 Å². The lowest BCUT2D eigenvalue weighted by Gasteiger charge is -2.13. The van der Waals surface area contributed by atoms with Crippen molar-refractivity contribution in [3.05, 3.63) is 51.7 Å². The van der Waals surface area contributed by atoms with Crippen LogP contribution in [0, 0.1) is 19.7 Å². The Morgan fingerprint density at radius 1 is 1.19 bits per heavy atom. The van der Waals surface area contributed by atoms with Crippen molar-refractivity contribution in [1.82, 2.24) is 0 Å². The third kappa shape index (κ3) is 3.36. The average Bonchev–Trinajstić information content (AvgIpc) is 2.37. The molecule has 0 saturated heterocycles. The number of nitrogens with one attached hydrogen (secondary N) is 1. The van der Waals surface area contributed by atoms with Gasteiger partial charge in [0.05, 0.1) is 16.3 Å². The van der Waals surface area contributed by atoms with E-state index in [0.29, 0.717) is 10.2 Å². The summed E-state index contributed by atoms with van der Waals surface area (Å²) in [6.07, 6.45) is 0. The van der Waals surface area contributed by atoms with Gasteiger partial charge in [0.15, 0.2) is 0 Å². The van der Waals surface area contributed by atoms with Gasteiger partial charge in [-0.05, 0) is 65.2 Å². The van der Waals surface area contributed by atoms with Crippen LogP contribution in [0.4, 0.5) is 15.8 Å². The van der Waals surface area contributed by atoms with Gasteiger partial charge in [-0.1, -0.05) is 6.07 Å². The molecule has 0 spiro atoms. The molecular formula is C14H14BrFN2O2S. The fourth-order valence-electron chi connectivity index (χ4n) is 1.91. The lowest BCUT2D eigenvalue weighted by Crippen LogP contribution is -2.14. The van der Waals surface area contributed by atoms with E-state index in [2.05, 4.69) is 20.7 Å². The number of sulfonamides is 1. The minimum Gasteiger partial charge on any atom is -0.396 e. The molecule has 0 saturated carbocycles. The molecule has 7 heteroatoms. The van der Waals surface area contributed by atoms with Gasteiger partial charge in [0, 0.05) is 4.47 Å². The average molecular weight is 373 g/mol. The number of rotatable bonds is 3. The summed E-state index contributed by atoms with van der Waals surface area (Å²) >= 11 is 3.33. The first kappa shape index (κ1) is 15.8. The van der Waals surface area contributed by atoms with E-state index < -0.39 is 15.8 Å². The van der Waals surface area contributed by atoms with E-state index in [-0.39, 0.29) is 10.6 Å². The maximum atomic E-state index is 13.4. The number of benzene rings is 2. The van der Waals surface area contributed by atoms with E-state index in [1.165, 1.54) is 12.1 Å². The second-order valence-corrected chi connectivity index (χ2v) is 7.26. The standard InChI is InChI=1S/C14H14BrFN2O2S/c1-8-5-9(2)14(11(15)6-8)18-21(19,20)10-3-4-13(17)12(16)7-10/h3-7,18H,17H2,1-2H3. The van der Waals surface area contributed by atoms with Crippen LogP contribution in [0.1, 0.15) is 11.1 Å². The Balaban J connectivity index is 2.44. The van der Waals surface area contributed by atoms with Crippen LogP contribution < -0.4 is 10.5 Å². The summed E-state index contributed by atoms with van der Waals surface area (Å²) in [5.41, 5.74) is 7.45. The molecule has 21 heavy (non-hydrogen) atoms. The first-order valence-electron chi connectivity index (χ1n) is 6.05. The minimum absolute atomic E-state index is 0.0957. The van der Waals surface area contributed by atoms with Gasteiger partial charge in [-0.2, -0.15) is 0 Å². The summed E-state index contributed by atoms with van der Waals surface area (Å²) in [5.74, 6) is -0.766. The molecule has 0 atom stereocenters. The monoisotopic (exact) mass is 372 g/mol. The number of anilines is 2. The third-order valence-electron chi connectivity index (χ3n) is 2.95. The van der Waals surface area contributed by atoms with Gasteiger partial charge in [-0.25, -0.2) is 12.8 Å².